The quantitative estimate of drug-likeness (QED) is 0.143. The average molecular weight is 845 g/mol. The minimum Gasteiger partial charge on any atom is -0.324 e. The van der Waals surface area contributed by atoms with Crippen LogP contribution in [0.15, 0.2) is 165 Å². The molecule has 5 aliphatic rings. The number of fused-ring (bicyclic) bond motifs is 4. The van der Waals surface area contributed by atoms with Gasteiger partial charge in [-0.1, -0.05) is 0 Å². The fraction of sp³-hybridized carbons (Fsp3) is 0.0833. The predicted octanol–water partition coefficient (Wildman–Crippen LogP) is 7.10. The van der Waals surface area contributed by atoms with E-state index in [1.165, 1.54) is 27.7 Å². The topological polar surface area (TPSA) is 217 Å². The van der Waals surface area contributed by atoms with E-state index in [1.807, 2.05) is 42.5 Å². The molecular formula is C48H36N12O4. The average Bonchev–Trinajstić information content (AvgIpc) is 4.06. The third-order valence-electron chi connectivity index (χ3n) is 9.92. The molecule has 0 spiro atoms. The van der Waals surface area contributed by atoms with E-state index in [0.717, 1.165) is 0 Å². The zero-order chi connectivity index (χ0) is 44.5. The van der Waals surface area contributed by atoms with Crippen molar-refractivity contribution >= 4 is 91.5 Å². The van der Waals surface area contributed by atoms with Crippen molar-refractivity contribution in [2.45, 2.75) is 27.7 Å². The number of aromatic nitrogens is 4. The van der Waals surface area contributed by atoms with E-state index in [2.05, 4.69) is 21.3 Å². The number of rotatable bonds is 8. The maximum Gasteiger partial charge on any atom is 0.221 e. The lowest BCUT2D eigenvalue weighted by atomic mass is 9.89. The van der Waals surface area contributed by atoms with Crippen LogP contribution in [0.3, 0.4) is 0 Å². The van der Waals surface area contributed by atoms with Crippen LogP contribution in [0, 0.1) is 0 Å². The maximum atomic E-state index is 12.9. The second-order valence-corrected chi connectivity index (χ2v) is 14.8. The number of carbonyl (C=O) groups excluding carboxylic acids is 4. The Hall–Kier alpha value is -8.92. The van der Waals surface area contributed by atoms with Crippen LogP contribution in [0.5, 0.6) is 0 Å². The third-order valence-corrected chi connectivity index (χ3v) is 9.92. The van der Waals surface area contributed by atoms with Gasteiger partial charge in [-0.2, -0.15) is 0 Å². The molecule has 0 aliphatic carbocycles. The van der Waals surface area contributed by atoms with Gasteiger partial charge in [-0.15, -0.1) is 0 Å². The molecule has 0 fully saturated rings. The van der Waals surface area contributed by atoms with Gasteiger partial charge in [0.25, 0.3) is 0 Å². The molecule has 0 unspecified atom stereocenters. The number of hydrogen-bond acceptors (Lipinski definition) is 12. The van der Waals surface area contributed by atoms with E-state index >= 15 is 0 Å². The van der Waals surface area contributed by atoms with Gasteiger partial charge >= 0.3 is 0 Å². The van der Waals surface area contributed by atoms with Crippen molar-refractivity contribution in [1.29, 1.82) is 0 Å². The number of pyridine rings is 4. The highest BCUT2D eigenvalue weighted by atomic mass is 16.2. The molecule has 16 nitrogen and oxygen atoms in total. The highest BCUT2D eigenvalue weighted by Crippen LogP contribution is 2.48. The zero-order valence-electron chi connectivity index (χ0n) is 34.8. The smallest absolute Gasteiger partial charge is 0.221 e. The number of amides is 4. The summed E-state index contributed by atoms with van der Waals surface area (Å²) in [5.41, 5.74) is 8.06. The molecule has 4 amide bonds. The first-order valence-electron chi connectivity index (χ1n) is 20.0. The zero-order valence-corrected chi connectivity index (χ0v) is 34.8. The Kier molecular flexibility index (Phi) is 10.7. The summed E-state index contributed by atoms with van der Waals surface area (Å²) in [6.45, 7) is 5.59. The Balaban J connectivity index is 1.49. The summed E-state index contributed by atoms with van der Waals surface area (Å²) in [6, 6.07) is 13.7. The first kappa shape index (κ1) is 40.5. The fourth-order valence-electron chi connectivity index (χ4n) is 7.60. The molecule has 312 valence electrons. The Morgan fingerprint density at radius 3 is 1.34 bits per heavy atom. The minimum absolute atomic E-state index is 0.248. The Morgan fingerprint density at radius 2 is 0.844 bits per heavy atom. The number of allylic oxidation sites excluding steroid dienone is 12. The van der Waals surface area contributed by atoms with E-state index in [4.69, 9.17) is 39.9 Å². The van der Waals surface area contributed by atoms with Crippen LogP contribution < -0.4 is 21.3 Å². The van der Waals surface area contributed by atoms with Crippen LogP contribution in [-0.2, 0) is 19.2 Å². The summed E-state index contributed by atoms with van der Waals surface area (Å²) >= 11 is 0. The van der Waals surface area contributed by atoms with E-state index in [1.54, 1.807) is 79.4 Å². The van der Waals surface area contributed by atoms with Crippen molar-refractivity contribution in [2.75, 3.05) is 21.3 Å². The summed E-state index contributed by atoms with van der Waals surface area (Å²) < 4.78 is 0. The standard InChI is InChI=1S/C48H36N12O4/c1-25(61)53-35-9-5-17-49-43(35)34-23-33-22-31-14-13-29(57-31)21-30-15-16-32(58-30)24-39-40(45-36(54-26(2)62)10-6-18-50-45)41(46-37(55-27(3)63)11-7-19-51-46)48(60-39)42(44(34)59-33)47-38(56-28(4)64)12-8-20-52-47/h5-24H,1-4H3,(H,53,61)(H,54,62)(H,55,63)(H,56,64). The van der Waals surface area contributed by atoms with Gasteiger partial charge in [0, 0.05) is 69.2 Å². The Morgan fingerprint density at radius 1 is 0.422 bits per heavy atom. The molecule has 16 heteroatoms. The van der Waals surface area contributed by atoms with Gasteiger partial charge in [-0.05, 0) is 97.1 Å². The largest absolute Gasteiger partial charge is 0.324 e. The molecule has 9 heterocycles. The lowest BCUT2D eigenvalue weighted by Crippen LogP contribution is -2.16. The monoisotopic (exact) mass is 844 g/mol. The molecular weight excluding hydrogens is 809 g/mol. The van der Waals surface area contributed by atoms with E-state index in [-0.39, 0.29) is 40.7 Å². The predicted molar refractivity (Wildman–Crippen MR) is 248 cm³/mol. The number of nitrogens with zero attached hydrogens (tertiary/aromatic N) is 8. The van der Waals surface area contributed by atoms with Gasteiger partial charge in [0.15, 0.2) is 0 Å². The molecule has 9 rings (SSSR count). The second kappa shape index (κ2) is 16.9. The van der Waals surface area contributed by atoms with E-state index in [0.29, 0.717) is 96.4 Å². The lowest BCUT2D eigenvalue weighted by molar-refractivity contribution is -0.115. The molecule has 4 N–H and O–H groups in total. The number of nitrogens with one attached hydrogen (secondary N) is 4. The first-order chi connectivity index (χ1) is 31.0. The highest BCUT2D eigenvalue weighted by molar-refractivity contribution is 6.51. The van der Waals surface area contributed by atoms with Crippen molar-refractivity contribution < 1.29 is 19.2 Å². The minimum atomic E-state index is -0.366. The second-order valence-electron chi connectivity index (χ2n) is 14.8. The lowest BCUT2D eigenvalue weighted by Gasteiger charge is -2.20. The van der Waals surface area contributed by atoms with Crippen molar-refractivity contribution in [3.63, 3.8) is 0 Å². The van der Waals surface area contributed by atoms with Gasteiger partial charge in [0.1, 0.15) is 0 Å². The maximum absolute atomic E-state index is 12.9. The summed E-state index contributed by atoms with van der Waals surface area (Å²) in [5, 5.41) is 11.7. The van der Waals surface area contributed by atoms with Crippen LogP contribution in [0.2, 0.25) is 0 Å². The molecule has 0 radical (unpaired) electrons. The van der Waals surface area contributed by atoms with Crippen LogP contribution >= 0.6 is 0 Å². The molecule has 4 aromatic rings. The SMILES string of the molecule is CC(=O)Nc1cccnc1C1=CC2=CC3=NC(=CC4=NC(=CC5=NC(=C(c6ncccc6NC(C)=O)C1=N2)C(c1ncccc1NC(C)=O)=C5c1ncccc1NC(C)=O)C=C4)C=C3. The van der Waals surface area contributed by atoms with Gasteiger partial charge in [0.05, 0.1) is 96.7 Å². The molecule has 8 bridgehead atoms. The summed E-state index contributed by atoms with van der Waals surface area (Å²) in [6.07, 6.45) is 21.1. The van der Waals surface area contributed by atoms with Crippen molar-refractivity contribution in [1.82, 2.24) is 19.9 Å². The van der Waals surface area contributed by atoms with Crippen LogP contribution in [0.25, 0.3) is 22.3 Å². The van der Waals surface area contributed by atoms with Gasteiger partial charge in [-0.25, -0.2) is 20.0 Å². The Labute approximate surface area is 366 Å². The van der Waals surface area contributed by atoms with Crippen LogP contribution in [-0.4, -0.2) is 66.4 Å². The molecule has 0 atom stereocenters. The first-order valence-corrected chi connectivity index (χ1v) is 20.0. The van der Waals surface area contributed by atoms with Gasteiger partial charge in [-0.3, -0.25) is 39.1 Å². The molecule has 4 aromatic heterocycles. The third kappa shape index (κ3) is 8.13. The number of hydrogen-bond donors (Lipinski definition) is 4. The number of carbonyl (C=O) groups is 4. The molecule has 5 aliphatic heterocycles. The van der Waals surface area contributed by atoms with Crippen LogP contribution in [0.1, 0.15) is 50.5 Å². The van der Waals surface area contributed by atoms with Gasteiger partial charge in [0.2, 0.25) is 23.6 Å². The van der Waals surface area contributed by atoms with E-state index < -0.39 is 0 Å². The summed E-state index contributed by atoms with van der Waals surface area (Å²) in [4.78, 5) is 91.2. The summed E-state index contributed by atoms with van der Waals surface area (Å²) in [7, 11) is 0. The molecule has 0 aromatic carbocycles. The van der Waals surface area contributed by atoms with Gasteiger partial charge < -0.3 is 21.3 Å². The molecule has 0 saturated carbocycles. The molecule has 64 heavy (non-hydrogen) atoms. The van der Waals surface area contributed by atoms with Crippen molar-refractivity contribution in [2.24, 2.45) is 20.0 Å². The highest BCUT2D eigenvalue weighted by Gasteiger charge is 2.37. The fourth-order valence-corrected chi connectivity index (χ4v) is 7.60. The van der Waals surface area contributed by atoms with Crippen molar-refractivity contribution in [3.8, 4) is 0 Å². The van der Waals surface area contributed by atoms with Crippen molar-refractivity contribution in [3.05, 3.63) is 167 Å². The number of aliphatic imine (C=N–C) groups is 4. The summed E-state index contributed by atoms with van der Waals surface area (Å²) in [5.74, 6) is -1.39. The normalized spacial score (nSPS) is 15.9. The van der Waals surface area contributed by atoms with Crippen LogP contribution in [0.4, 0.5) is 22.7 Å². The number of anilines is 4. The molecule has 0 saturated heterocycles. The Bertz CT molecular complexity index is 3170. The van der Waals surface area contributed by atoms with E-state index in [9.17, 15) is 19.2 Å².